The van der Waals surface area contributed by atoms with Crippen LogP contribution in [-0.2, 0) is 4.79 Å². The highest BCUT2D eigenvalue weighted by molar-refractivity contribution is 5.97. The summed E-state index contributed by atoms with van der Waals surface area (Å²) in [6.45, 7) is 2.13. The van der Waals surface area contributed by atoms with E-state index < -0.39 is 0 Å². The minimum absolute atomic E-state index is 0.134. The Labute approximate surface area is 115 Å². The van der Waals surface area contributed by atoms with Gasteiger partial charge >= 0.3 is 0 Å². The second kappa shape index (κ2) is 6.46. The Bertz CT molecular complexity index is 594. The lowest BCUT2D eigenvalue weighted by atomic mass is 10.1. The first-order valence-corrected chi connectivity index (χ1v) is 6.17. The average molecular weight is 273 g/mol. The van der Waals surface area contributed by atoms with Crippen LogP contribution in [0.5, 0.6) is 0 Å². The Balaban J connectivity index is 2.01. The van der Waals surface area contributed by atoms with Crippen molar-refractivity contribution in [3.8, 4) is 11.3 Å². The molecule has 3 N–H and O–H groups in total. The van der Waals surface area contributed by atoms with Crippen LogP contribution in [0.25, 0.3) is 11.3 Å². The Hall–Kier alpha value is -2.70. The van der Waals surface area contributed by atoms with Crippen LogP contribution in [0, 0.1) is 0 Å². The van der Waals surface area contributed by atoms with Gasteiger partial charge < -0.3 is 10.6 Å². The van der Waals surface area contributed by atoms with E-state index in [0.717, 1.165) is 5.56 Å². The highest BCUT2D eigenvalue weighted by atomic mass is 16.2. The van der Waals surface area contributed by atoms with Gasteiger partial charge in [0.15, 0.2) is 5.69 Å². The summed E-state index contributed by atoms with van der Waals surface area (Å²) in [5, 5.41) is 15.6. The molecule has 0 spiro atoms. The third-order valence-electron chi connectivity index (χ3n) is 2.59. The maximum Gasteiger partial charge on any atom is 0.274 e. The summed E-state index contributed by atoms with van der Waals surface area (Å²) in [6.07, 6.45) is 0. The predicted molar refractivity (Wildman–Crippen MR) is 72.8 cm³/mol. The molecule has 7 nitrogen and oxygen atoms in total. The summed E-state index contributed by atoms with van der Waals surface area (Å²) in [6, 6.07) is 9.32. The van der Waals surface area contributed by atoms with Gasteiger partial charge in [-0.3, -0.25) is 9.59 Å². The van der Waals surface area contributed by atoms with Gasteiger partial charge in [0.05, 0.1) is 0 Å². The van der Waals surface area contributed by atoms with E-state index in [9.17, 15) is 9.59 Å². The number of carbonyl (C=O) groups excluding carboxylic acids is 2. The summed E-state index contributed by atoms with van der Waals surface area (Å²) in [5.74, 6) is -0.464. The SMILES string of the molecule is CC(=O)NCCNC(=O)c1n[nH]nc1-c1ccccc1. The number of carbonyl (C=O) groups is 2. The molecule has 7 heteroatoms. The van der Waals surface area contributed by atoms with Crippen LogP contribution in [-0.4, -0.2) is 40.3 Å². The van der Waals surface area contributed by atoms with Crippen LogP contribution < -0.4 is 10.6 Å². The smallest absolute Gasteiger partial charge is 0.274 e. The van der Waals surface area contributed by atoms with Gasteiger partial charge in [0.25, 0.3) is 5.91 Å². The van der Waals surface area contributed by atoms with E-state index >= 15 is 0 Å². The van der Waals surface area contributed by atoms with Crippen molar-refractivity contribution in [1.29, 1.82) is 0 Å². The number of aromatic amines is 1. The maximum atomic E-state index is 12.0. The van der Waals surface area contributed by atoms with Crippen molar-refractivity contribution >= 4 is 11.8 Å². The average Bonchev–Trinajstić information content (AvgIpc) is 2.93. The lowest BCUT2D eigenvalue weighted by Gasteiger charge is -2.04. The molecule has 1 heterocycles. The predicted octanol–water partition coefficient (Wildman–Crippen LogP) is 0.338. The molecule has 0 aliphatic rings. The van der Waals surface area contributed by atoms with Crippen molar-refractivity contribution in [1.82, 2.24) is 26.0 Å². The van der Waals surface area contributed by atoms with Crippen molar-refractivity contribution in [2.75, 3.05) is 13.1 Å². The molecule has 1 aromatic heterocycles. The van der Waals surface area contributed by atoms with Crippen molar-refractivity contribution in [2.45, 2.75) is 6.92 Å². The first-order chi connectivity index (χ1) is 9.68. The van der Waals surface area contributed by atoms with E-state index in [-0.39, 0.29) is 17.5 Å². The van der Waals surface area contributed by atoms with Gasteiger partial charge in [0.2, 0.25) is 5.91 Å². The van der Waals surface area contributed by atoms with Gasteiger partial charge in [-0.2, -0.15) is 15.4 Å². The topological polar surface area (TPSA) is 99.8 Å². The zero-order chi connectivity index (χ0) is 14.4. The van der Waals surface area contributed by atoms with E-state index in [1.54, 1.807) is 0 Å². The number of aromatic nitrogens is 3. The largest absolute Gasteiger partial charge is 0.355 e. The molecule has 0 radical (unpaired) electrons. The Morgan fingerprint density at radius 1 is 1.10 bits per heavy atom. The molecule has 1 aromatic carbocycles. The van der Waals surface area contributed by atoms with Crippen LogP contribution in [0.1, 0.15) is 17.4 Å². The van der Waals surface area contributed by atoms with Crippen molar-refractivity contribution in [3.63, 3.8) is 0 Å². The molecule has 0 aliphatic heterocycles. The Morgan fingerprint density at radius 3 is 2.50 bits per heavy atom. The van der Waals surface area contributed by atoms with E-state index in [1.807, 2.05) is 30.3 Å². The first kappa shape index (κ1) is 13.7. The molecule has 2 rings (SSSR count). The first-order valence-electron chi connectivity index (χ1n) is 6.17. The zero-order valence-corrected chi connectivity index (χ0v) is 11.0. The second-order valence-electron chi connectivity index (χ2n) is 4.13. The molecule has 0 atom stereocenters. The van der Waals surface area contributed by atoms with Crippen LogP contribution in [0.2, 0.25) is 0 Å². The van der Waals surface area contributed by atoms with E-state index in [4.69, 9.17) is 0 Å². The molecule has 0 fully saturated rings. The summed E-state index contributed by atoms with van der Waals surface area (Å²) in [7, 11) is 0. The van der Waals surface area contributed by atoms with Crippen LogP contribution in [0.3, 0.4) is 0 Å². The molecule has 0 unspecified atom stereocenters. The van der Waals surface area contributed by atoms with Crippen LogP contribution in [0.4, 0.5) is 0 Å². The van der Waals surface area contributed by atoms with E-state index in [2.05, 4.69) is 26.0 Å². The van der Waals surface area contributed by atoms with Crippen molar-refractivity contribution < 1.29 is 9.59 Å². The van der Waals surface area contributed by atoms with Gasteiger partial charge in [0, 0.05) is 25.6 Å². The lowest BCUT2D eigenvalue weighted by molar-refractivity contribution is -0.118. The molecular formula is C13H15N5O2. The summed E-state index contributed by atoms with van der Waals surface area (Å²) in [5.41, 5.74) is 1.55. The quantitative estimate of drug-likeness (QED) is 0.684. The highest BCUT2D eigenvalue weighted by Gasteiger charge is 2.17. The number of nitrogens with one attached hydrogen (secondary N) is 3. The Morgan fingerprint density at radius 2 is 1.80 bits per heavy atom. The van der Waals surface area contributed by atoms with E-state index in [0.29, 0.717) is 18.8 Å². The molecule has 0 aliphatic carbocycles. The third kappa shape index (κ3) is 3.41. The van der Waals surface area contributed by atoms with Gasteiger partial charge in [-0.15, -0.1) is 0 Å². The van der Waals surface area contributed by atoms with Crippen LogP contribution in [0.15, 0.2) is 30.3 Å². The second-order valence-corrected chi connectivity index (χ2v) is 4.13. The number of rotatable bonds is 5. The minimum atomic E-state index is -0.331. The molecule has 0 bridgehead atoms. The molecular weight excluding hydrogens is 258 g/mol. The fourth-order valence-electron chi connectivity index (χ4n) is 1.68. The fraction of sp³-hybridized carbons (Fsp3) is 0.231. The lowest BCUT2D eigenvalue weighted by Crippen LogP contribution is -2.34. The maximum absolute atomic E-state index is 12.0. The number of benzene rings is 1. The standard InChI is InChI=1S/C13H15N5O2/c1-9(19)14-7-8-15-13(20)12-11(16-18-17-12)10-5-3-2-4-6-10/h2-6H,7-8H2,1H3,(H,14,19)(H,15,20)(H,16,17,18). The number of hydrogen-bond donors (Lipinski definition) is 3. The van der Waals surface area contributed by atoms with Crippen molar-refractivity contribution in [3.05, 3.63) is 36.0 Å². The molecule has 2 aromatic rings. The highest BCUT2D eigenvalue weighted by Crippen LogP contribution is 2.18. The normalized spacial score (nSPS) is 10.1. The van der Waals surface area contributed by atoms with Gasteiger partial charge in [0.1, 0.15) is 5.69 Å². The Kier molecular flexibility index (Phi) is 4.43. The van der Waals surface area contributed by atoms with Gasteiger partial charge in [-0.1, -0.05) is 30.3 Å². The molecule has 104 valence electrons. The fourth-order valence-corrected chi connectivity index (χ4v) is 1.68. The number of amides is 2. The van der Waals surface area contributed by atoms with Crippen LogP contribution >= 0.6 is 0 Å². The summed E-state index contributed by atoms with van der Waals surface area (Å²) < 4.78 is 0. The number of nitrogens with zero attached hydrogens (tertiary/aromatic N) is 2. The number of hydrogen-bond acceptors (Lipinski definition) is 4. The van der Waals surface area contributed by atoms with E-state index in [1.165, 1.54) is 6.92 Å². The molecule has 0 saturated heterocycles. The third-order valence-corrected chi connectivity index (χ3v) is 2.59. The van der Waals surface area contributed by atoms with Gasteiger partial charge in [-0.05, 0) is 0 Å². The minimum Gasteiger partial charge on any atom is -0.355 e. The molecule has 0 saturated carbocycles. The summed E-state index contributed by atoms with van der Waals surface area (Å²) >= 11 is 0. The zero-order valence-electron chi connectivity index (χ0n) is 11.0. The molecule has 2 amide bonds. The van der Waals surface area contributed by atoms with Gasteiger partial charge in [-0.25, -0.2) is 0 Å². The van der Waals surface area contributed by atoms with Crippen molar-refractivity contribution in [2.24, 2.45) is 0 Å². The monoisotopic (exact) mass is 273 g/mol. The molecule has 20 heavy (non-hydrogen) atoms. The summed E-state index contributed by atoms with van der Waals surface area (Å²) in [4.78, 5) is 22.7. The number of H-pyrrole nitrogens is 1.